The van der Waals surface area contributed by atoms with Gasteiger partial charge in [0, 0.05) is 19.9 Å². The summed E-state index contributed by atoms with van der Waals surface area (Å²) in [5.41, 5.74) is 0. The van der Waals surface area contributed by atoms with E-state index < -0.39 is 6.09 Å². The van der Waals surface area contributed by atoms with Gasteiger partial charge >= 0.3 is 6.09 Å². The Kier molecular flexibility index (Phi) is 3.31. The monoisotopic (exact) mass is 174 g/mol. The second-order valence-corrected chi connectivity index (χ2v) is 2.81. The predicted molar refractivity (Wildman–Crippen MR) is 42.3 cm³/mol. The minimum absolute atomic E-state index is 0.0303. The maximum Gasteiger partial charge on any atom is 0.424 e. The topological polar surface area (TPSA) is 64.8 Å². The van der Waals surface area contributed by atoms with E-state index in [2.05, 4.69) is 0 Å². The van der Waals surface area contributed by atoms with Crippen LogP contribution in [0.25, 0.3) is 0 Å². The van der Waals surface area contributed by atoms with E-state index in [-0.39, 0.29) is 6.10 Å². The van der Waals surface area contributed by atoms with Gasteiger partial charge in [-0.05, 0) is 0 Å². The first-order valence-corrected chi connectivity index (χ1v) is 3.97. The van der Waals surface area contributed by atoms with Crippen LogP contribution in [0.5, 0.6) is 0 Å². The molecule has 0 atom stereocenters. The average molecular weight is 174 g/mol. The first kappa shape index (κ1) is 9.28. The molecule has 0 spiro atoms. The molecule has 1 rings (SSSR count). The lowest BCUT2D eigenvalue weighted by atomic mass is 10.2. The van der Waals surface area contributed by atoms with E-state index >= 15 is 0 Å². The zero-order valence-electron chi connectivity index (χ0n) is 7.16. The van der Waals surface area contributed by atoms with E-state index in [0.29, 0.717) is 13.2 Å². The molecule has 0 aliphatic carbocycles. The third-order valence-electron chi connectivity index (χ3n) is 1.72. The molecule has 1 saturated heterocycles. The first-order valence-electron chi connectivity index (χ1n) is 3.97. The molecular formula is C7H14N2O3. The van der Waals surface area contributed by atoms with Crippen LogP contribution in [-0.2, 0) is 9.47 Å². The number of hydrogen-bond donors (Lipinski definition) is 1. The minimum atomic E-state index is -0.484. The molecule has 0 aromatic heterocycles. The van der Waals surface area contributed by atoms with Crippen LogP contribution in [0.2, 0.25) is 0 Å². The summed E-state index contributed by atoms with van der Waals surface area (Å²) in [6.07, 6.45) is 1.01. The van der Waals surface area contributed by atoms with E-state index in [0.717, 1.165) is 17.9 Å². The van der Waals surface area contributed by atoms with Crippen LogP contribution in [0.1, 0.15) is 12.8 Å². The molecule has 70 valence electrons. The first-order chi connectivity index (χ1) is 5.70. The summed E-state index contributed by atoms with van der Waals surface area (Å²) in [4.78, 5) is 10.9. The van der Waals surface area contributed by atoms with E-state index in [1.807, 2.05) is 0 Å². The maximum absolute atomic E-state index is 10.9. The average Bonchev–Trinajstić information content (AvgIpc) is 2.06. The van der Waals surface area contributed by atoms with Crippen LogP contribution in [-0.4, -0.2) is 37.5 Å². The van der Waals surface area contributed by atoms with Crippen molar-refractivity contribution >= 4 is 6.09 Å². The normalized spacial score (nSPS) is 18.8. The van der Waals surface area contributed by atoms with Gasteiger partial charge in [-0.1, -0.05) is 0 Å². The Bertz CT molecular complexity index is 155. The second-order valence-electron chi connectivity index (χ2n) is 2.81. The summed E-state index contributed by atoms with van der Waals surface area (Å²) in [6, 6.07) is 0. The third-order valence-corrected chi connectivity index (χ3v) is 1.72. The van der Waals surface area contributed by atoms with Crippen LogP contribution >= 0.6 is 0 Å². The number of ether oxygens (including phenoxy) is 2. The summed E-state index contributed by atoms with van der Waals surface area (Å²) >= 11 is 0. The zero-order valence-corrected chi connectivity index (χ0v) is 7.16. The van der Waals surface area contributed by atoms with Crippen LogP contribution < -0.4 is 5.84 Å². The van der Waals surface area contributed by atoms with E-state index in [9.17, 15) is 4.79 Å². The smallest absolute Gasteiger partial charge is 0.424 e. The van der Waals surface area contributed by atoms with E-state index in [4.69, 9.17) is 15.3 Å². The lowest BCUT2D eigenvalue weighted by Gasteiger charge is -2.23. The van der Waals surface area contributed by atoms with Crippen molar-refractivity contribution in [3.05, 3.63) is 0 Å². The number of nitrogens with zero attached hydrogens (tertiary/aromatic N) is 1. The fourth-order valence-electron chi connectivity index (χ4n) is 1.02. The Morgan fingerprint density at radius 2 is 2.17 bits per heavy atom. The number of hydrogen-bond acceptors (Lipinski definition) is 4. The van der Waals surface area contributed by atoms with Crippen molar-refractivity contribution in [2.45, 2.75) is 18.9 Å². The van der Waals surface area contributed by atoms with Crippen LogP contribution in [0.15, 0.2) is 0 Å². The number of rotatable bonds is 1. The highest BCUT2D eigenvalue weighted by Crippen LogP contribution is 2.10. The molecule has 1 heterocycles. The zero-order chi connectivity index (χ0) is 8.97. The Hall–Kier alpha value is -0.810. The van der Waals surface area contributed by atoms with Crippen molar-refractivity contribution in [1.82, 2.24) is 5.01 Å². The highest BCUT2D eigenvalue weighted by atomic mass is 16.6. The molecule has 0 unspecified atom stereocenters. The molecule has 0 bridgehead atoms. The summed E-state index contributed by atoms with van der Waals surface area (Å²) in [7, 11) is 1.46. The van der Waals surface area contributed by atoms with Crippen LogP contribution in [0.3, 0.4) is 0 Å². The van der Waals surface area contributed by atoms with E-state index in [1.165, 1.54) is 7.05 Å². The maximum atomic E-state index is 10.9. The Balaban J connectivity index is 2.24. The lowest BCUT2D eigenvalue weighted by Crippen LogP contribution is -2.37. The minimum Gasteiger partial charge on any atom is -0.445 e. The van der Waals surface area contributed by atoms with Gasteiger partial charge in [-0.2, -0.15) is 0 Å². The fourth-order valence-corrected chi connectivity index (χ4v) is 1.02. The molecule has 0 aromatic carbocycles. The van der Waals surface area contributed by atoms with Crippen molar-refractivity contribution in [1.29, 1.82) is 0 Å². The molecule has 12 heavy (non-hydrogen) atoms. The SMILES string of the molecule is CN(N)C(=O)OC1CCOCC1. The Morgan fingerprint density at radius 1 is 1.58 bits per heavy atom. The summed E-state index contributed by atoms with van der Waals surface area (Å²) in [5, 5.41) is 0.940. The van der Waals surface area contributed by atoms with Gasteiger partial charge in [0.25, 0.3) is 0 Å². The summed E-state index contributed by atoms with van der Waals surface area (Å²) in [6.45, 7) is 1.32. The quantitative estimate of drug-likeness (QED) is 0.348. The standard InChI is InChI=1S/C7H14N2O3/c1-9(8)7(10)12-6-2-4-11-5-3-6/h6H,2-5,8H2,1H3. The van der Waals surface area contributed by atoms with Gasteiger partial charge < -0.3 is 9.47 Å². The molecule has 0 radical (unpaired) electrons. The van der Waals surface area contributed by atoms with Crippen molar-refractivity contribution in [2.75, 3.05) is 20.3 Å². The molecular weight excluding hydrogens is 160 g/mol. The summed E-state index contributed by atoms with van der Waals surface area (Å²) in [5.74, 6) is 5.18. The number of amides is 1. The van der Waals surface area contributed by atoms with E-state index in [1.54, 1.807) is 0 Å². The molecule has 1 fully saturated rings. The highest BCUT2D eigenvalue weighted by Gasteiger charge is 2.18. The summed E-state index contributed by atoms with van der Waals surface area (Å²) < 4.78 is 10.1. The molecule has 2 N–H and O–H groups in total. The van der Waals surface area contributed by atoms with Gasteiger partial charge in [0.05, 0.1) is 13.2 Å². The van der Waals surface area contributed by atoms with Crippen molar-refractivity contribution in [2.24, 2.45) is 5.84 Å². The second kappa shape index (κ2) is 4.27. The van der Waals surface area contributed by atoms with Crippen molar-refractivity contribution in [3.63, 3.8) is 0 Å². The van der Waals surface area contributed by atoms with Crippen molar-refractivity contribution < 1.29 is 14.3 Å². The molecule has 1 aliphatic heterocycles. The molecule has 1 aliphatic rings. The molecule has 1 amide bonds. The molecule has 0 aromatic rings. The predicted octanol–water partition coefficient (Wildman–Crippen LogP) is 0.107. The van der Waals surface area contributed by atoms with Gasteiger partial charge in [0.1, 0.15) is 6.10 Å². The van der Waals surface area contributed by atoms with Gasteiger partial charge in [-0.3, -0.25) is 0 Å². The highest BCUT2D eigenvalue weighted by molar-refractivity contribution is 5.66. The number of carbonyl (C=O) groups is 1. The number of hydrazine groups is 1. The third kappa shape index (κ3) is 2.67. The largest absolute Gasteiger partial charge is 0.445 e. The van der Waals surface area contributed by atoms with Crippen molar-refractivity contribution in [3.8, 4) is 0 Å². The molecule has 5 heteroatoms. The van der Waals surface area contributed by atoms with Gasteiger partial charge in [-0.25, -0.2) is 15.6 Å². The molecule has 0 saturated carbocycles. The van der Waals surface area contributed by atoms with Crippen LogP contribution in [0.4, 0.5) is 4.79 Å². The van der Waals surface area contributed by atoms with Gasteiger partial charge in [0.15, 0.2) is 0 Å². The number of carbonyl (C=O) groups excluding carboxylic acids is 1. The number of nitrogens with two attached hydrogens (primary N) is 1. The van der Waals surface area contributed by atoms with Gasteiger partial charge in [-0.15, -0.1) is 0 Å². The molecule has 5 nitrogen and oxygen atoms in total. The Morgan fingerprint density at radius 3 is 2.67 bits per heavy atom. The fraction of sp³-hybridized carbons (Fsp3) is 0.857. The Labute approximate surface area is 71.4 Å². The lowest BCUT2D eigenvalue weighted by molar-refractivity contribution is -0.00816. The van der Waals surface area contributed by atoms with Gasteiger partial charge in [0.2, 0.25) is 0 Å². The van der Waals surface area contributed by atoms with Crippen LogP contribution in [0, 0.1) is 0 Å².